The van der Waals surface area contributed by atoms with E-state index in [1.807, 2.05) is 29.3 Å². The van der Waals surface area contributed by atoms with Crippen molar-refractivity contribution in [1.29, 1.82) is 0 Å². The molecule has 23 heavy (non-hydrogen) atoms. The summed E-state index contributed by atoms with van der Waals surface area (Å²) in [5.41, 5.74) is 2.33. The third-order valence-corrected chi connectivity index (χ3v) is 5.26. The Kier molecular flexibility index (Phi) is 3.12. The fraction of sp³-hybridized carbons (Fsp3) is 0.474. The molecule has 1 aromatic carbocycles. The molecule has 0 saturated carbocycles. The third-order valence-electron chi connectivity index (χ3n) is 5.26. The highest BCUT2D eigenvalue weighted by molar-refractivity contribution is 5.79. The fourth-order valence-electron chi connectivity index (χ4n) is 4.59. The highest BCUT2D eigenvalue weighted by Gasteiger charge is 2.51. The third kappa shape index (κ3) is 2.46. The zero-order chi connectivity index (χ0) is 16.1. The predicted molar refractivity (Wildman–Crippen MR) is 86.8 cm³/mol. The first-order valence-electron chi connectivity index (χ1n) is 8.23. The Morgan fingerprint density at radius 3 is 2.78 bits per heavy atom. The van der Waals surface area contributed by atoms with E-state index < -0.39 is 0 Å². The second-order valence-corrected chi connectivity index (χ2v) is 7.83. The maximum absolute atomic E-state index is 12.6. The maximum Gasteiger partial charge on any atom is 0.223 e. The number of rotatable bonds is 2. The molecule has 4 heteroatoms. The standard InChI is InChI=1S/C19H22N2O2/c1-18(2)12-19(8-15-10-20-23-17(15)18)9-16(22)21(13-19)11-14-6-4-3-5-7-14/h3-7,10H,8-9,11-13H2,1-2H3/t19-/m1/s1. The molecule has 1 atom stereocenters. The van der Waals surface area contributed by atoms with Crippen LogP contribution >= 0.6 is 0 Å². The van der Waals surface area contributed by atoms with Gasteiger partial charge >= 0.3 is 0 Å². The number of likely N-dealkylation sites (tertiary alicyclic amines) is 1. The molecule has 2 aliphatic rings. The first-order valence-corrected chi connectivity index (χ1v) is 8.23. The minimum Gasteiger partial charge on any atom is -0.361 e. The zero-order valence-electron chi connectivity index (χ0n) is 13.7. The first kappa shape index (κ1) is 14.5. The molecule has 1 aliphatic heterocycles. The van der Waals surface area contributed by atoms with Crippen LogP contribution in [0.1, 0.15) is 43.6 Å². The van der Waals surface area contributed by atoms with E-state index in [-0.39, 0.29) is 16.7 Å². The van der Waals surface area contributed by atoms with Gasteiger partial charge in [-0.05, 0) is 18.4 Å². The SMILES string of the molecule is CC1(C)C[C@]2(CC(=O)N(Cc3ccccc3)C2)Cc2cnoc21. The quantitative estimate of drug-likeness (QED) is 0.855. The highest BCUT2D eigenvalue weighted by Crippen LogP contribution is 2.50. The lowest BCUT2D eigenvalue weighted by Crippen LogP contribution is -2.39. The van der Waals surface area contributed by atoms with Gasteiger partial charge in [0.2, 0.25) is 5.91 Å². The lowest BCUT2D eigenvalue weighted by molar-refractivity contribution is -0.128. The average Bonchev–Trinajstić information content (AvgIpc) is 3.06. The number of carbonyl (C=O) groups is 1. The normalized spacial score (nSPS) is 25.8. The Morgan fingerprint density at radius 1 is 1.22 bits per heavy atom. The number of benzene rings is 1. The Morgan fingerprint density at radius 2 is 2.00 bits per heavy atom. The van der Waals surface area contributed by atoms with Crippen molar-refractivity contribution in [3.8, 4) is 0 Å². The number of carbonyl (C=O) groups excluding carboxylic acids is 1. The number of aromatic nitrogens is 1. The molecule has 1 amide bonds. The van der Waals surface area contributed by atoms with Gasteiger partial charge in [0.1, 0.15) is 5.76 Å². The molecule has 0 bridgehead atoms. The molecule has 2 aromatic rings. The lowest BCUT2D eigenvalue weighted by Gasteiger charge is -2.40. The van der Waals surface area contributed by atoms with Crippen molar-refractivity contribution in [2.45, 2.75) is 45.1 Å². The summed E-state index contributed by atoms with van der Waals surface area (Å²) in [5.74, 6) is 1.27. The van der Waals surface area contributed by atoms with E-state index in [4.69, 9.17) is 4.52 Å². The molecule has 0 radical (unpaired) electrons. The molecular weight excluding hydrogens is 288 g/mol. The second-order valence-electron chi connectivity index (χ2n) is 7.83. The Balaban J connectivity index is 1.59. The van der Waals surface area contributed by atoms with Gasteiger partial charge in [-0.1, -0.05) is 49.3 Å². The molecule has 2 heterocycles. The number of amides is 1. The average molecular weight is 310 g/mol. The van der Waals surface area contributed by atoms with Crippen molar-refractivity contribution >= 4 is 5.91 Å². The number of hydrogen-bond acceptors (Lipinski definition) is 3. The van der Waals surface area contributed by atoms with E-state index in [2.05, 4.69) is 31.1 Å². The van der Waals surface area contributed by atoms with Crippen molar-refractivity contribution in [1.82, 2.24) is 10.1 Å². The summed E-state index contributed by atoms with van der Waals surface area (Å²) < 4.78 is 5.47. The van der Waals surface area contributed by atoms with Gasteiger partial charge in [0.15, 0.2) is 0 Å². The number of fused-ring (bicyclic) bond motifs is 1. The van der Waals surface area contributed by atoms with Crippen molar-refractivity contribution in [2.75, 3.05) is 6.54 Å². The fourth-order valence-corrected chi connectivity index (χ4v) is 4.59. The largest absolute Gasteiger partial charge is 0.361 e. The van der Waals surface area contributed by atoms with E-state index in [1.165, 1.54) is 11.1 Å². The van der Waals surface area contributed by atoms with Crippen LogP contribution in [0.15, 0.2) is 41.1 Å². The smallest absolute Gasteiger partial charge is 0.223 e. The molecule has 1 aromatic heterocycles. The van der Waals surface area contributed by atoms with Gasteiger partial charge in [-0.3, -0.25) is 4.79 Å². The van der Waals surface area contributed by atoms with Crippen molar-refractivity contribution in [3.05, 3.63) is 53.4 Å². The first-order chi connectivity index (χ1) is 11.0. The van der Waals surface area contributed by atoms with E-state index in [9.17, 15) is 4.79 Å². The topological polar surface area (TPSA) is 46.3 Å². The molecular formula is C19H22N2O2. The Hall–Kier alpha value is -2.10. The van der Waals surface area contributed by atoms with E-state index in [0.29, 0.717) is 13.0 Å². The van der Waals surface area contributed by atoms with Crippen LogP contribution in [0.2, 0.25) is 0 Å². The highest BCUT2D eigenvalue weighted by atomic mass is 16.5. The van der Waals surface area contributed by atoms with Crippen LogP contribution in [0.3, 0.4) is 0 Å². The van der Waals surface area contributed by atoms with Crippen LogP contribution in [0.25, 0.3) is 0 Å². The number of nitrogens with zero attached hydrogens (tertiary/aromatic N) is 2. The van der Waals surface area contributed by atoms with Crippen LogP contribution in [-0.2, 0) is 23.2 Å². The van der Waals surface area contributed by atoms with Gasteiger partial charge in [0, 0.05) is 35.9 Å². The van der Waals surface area contributed by atoms with Crippen molar-refractivity contribution in [3.63, 3.8) is 0 Å². The van der Waals surface area contributed by atoms with Gasteiger partial charge in [-0.15, -0.1) is 0 Å². The summed E-state index contributed by atoms with van der Waals surface area (Å²) in [6.45, 7) is 5.93. The summed E-state index contributed by atoms with van der Waals surface area (Å²) >= 11 is 0. The van der Waals surface area contributed by atoms with Crippen molar-refractivity contribution in [2.24, 2.45) is 5.41 Å². The van der Waals surface area contributed by atoms with E-state index >= 15 is 0 Å². The molecule has 120 valence electrons. The number of hydrogen-bond donors (Lipinski definition) is 0. The summed E-state index contributed by atoms with van der Waals surface area (Å²) in [6.07, 6.45) is 4.34. The maximum atomic E-state index is 12.6. The van der Waals surface area contributed by atoms with Gasteiger partial charge in [0.25, 0.3) is 0 Å². The predicted octanol–water partition coefficient (Wildman–Crippen LogP) is 3.32. The van der Waals surface area contributed by atoms with Crippen LogP contribution < -0.4 is 0 Å². The van der Waals surface area contributed by atoms with Crippen LogP contribution in [-0.4, -0.2) is 22.5 Å². The molecule has 0 unspecified atom stereocenters. The summed E-state index contributed by atoms with van der Waals surface area (Å²) in [5, 5.41) is 3.99. The minimum atomic E-state index is -0.0624. The molecule has 1 spiro atoms. The summed E-state index contributed by atoms with van der Waals surface area (Å²) in [4.78, 5) is 14.6. The van der Waals surface area contributed by atoms with E-state index in [1.54, 1.807) is 0 Å². The zero-order valence-corrected chi connectivity index (χ0v) is 13.7. The Labute approximate surface area is 136 Å². The molecule has 1 fully saturated rings. The molecule has 1 saturated heterocycles. The van der Waals surface area contributed by atoms with Gasteiger partial charge in [-0.25, -0.2) is 0 Å². The minimum absolute atomic E-state index is 0.0217. The van der Waals surface area contributed by atoms with Crippen LogP contribution in [0.5, 0.6) is 0 Å². The summed E-state index contributed by atoms with van der Waals surface area (Å²) in [7, 11) is 0. The lowest BCUT2D eigenvalue weighted by atomic mass is 9.63. The van der Waals surface area contributed by atoms with Crippen LogP contribution in [0, 0.1) is 5.41 Å². The second kappa shape index (κ2) is 4.95. The van der Waals surface area contributed by atoms with Crippen molar-refractivity contribution < 1.29 is 9.32 Å². The monoisotopic (exact) mass is 310 g/mol. The van der Waals surface area contributed by atoms with Gasteiger partial charge < -0.3 is 9.42 Å². The van der Waals surface area contributed by atoms with Gasteiger partial charge in [-0.2, -0.15) is 0 Å². The molecule has 1 aliphatic carbocycles. The van der Waals surface area contributed by atoms with E-state index in [0.717, 1.165) is 25.1 Å². The van der Waals surface area contributed by atoms with Gasteiger partial charge in [0.05, 0.1) is 6.20 Å². The molecule has 0 N–H and O–H groups in total. The summed E-state index contributed by atoms with van der Waals surface area (Å²) in [6, 6.07) is 10.2. The molecule has 4 rings (SSSR count). The Bertz CT molecular complexity index is 735. The van der Waals surface area contributed by atoms with Crippen LogP contribution in [0.4, 0.5) is 0 Å². The molecule has 4 nitrogen and oxygen atoms in total.